The van der Waals surface area contributed by atoms with Crippen molar-refractivity contribution >= 4 is 5.91 Å². The van der Waals surface area contributed by atoms with Crippen LogP contribution in [0.1, 0.15) is 40.5 Å². The number of aromatic nitrogens is 4. The summed E-state index contributed by atoms with van der Waals surface area (Å²) < 4.78 is 3.96. The molecule has 1 aliphatic rings. The molecule has 6 nitrogen and oxygen atoms in total. The van der Waals surface area contributed by atoms with Gasteiger partial charge in [-0.2, -0.15) is 5.10 Å². The quantitative estimate of drug-likeness (QED) is 0.730. The summed E-state index contributed by atoms with van der Waals surface area (Å²) in [5.74, 6) is 0.0622. The zero-order valence-electron chi connectivity index (χ0n) is 15.2. The normalized spacial score (nSPS) is 17.5. The molecule has 4 rings (SSSR count). The average molecular weight is 349 g/mol. The Balaban J connectivity index is 1.58. The summed E-state index contributed by atoms with van der Waals surface area (Å²) in [7, 11) is 0. The summed E-state index contributed by atoms with van der Waals surface area (Å²) in [5.41, 5.74) is 3.71. The molecule has 6 heteroatoms. The molecular formula is C20H23N5O. The largest absolute Gasteiger partial charge is 0.336 e. The number of carbonyl (C=O) groups is 1. The van der Waals surface area contributed by atoms with Crippen LogP contribution in [0.3, 0.4) is 0 Å². The Kier molecular flexibility index (Phi) is 4.32. The van der Waals surface area contributed by atoms with E-state index in [1.165, 1.54) is 0 Å². The van der Waals surface area contributed by atoms with Crippen molar-refractivity contribution in [2.45, 2.75) is 32.7 Å². The molecular weight excluding hydrogens is 326 g/mol. The van der Waals surface area contributed by atoms with Crippen molar-refractivity contribution in [3.8, 4) is 5.69 Å². The Morgan fingerprint density at radius 2 is 2.08 bits per heavy atom. The number of amides is 1. The lowest BCUT2D eigenvalue weighted by Crippen LogP contribution is -2.40. The van der Waals surface area contributed by atoms with Gasteiger partial charge in [-0.25, -0.2) is 9.67 Å². The minimum atomic E-state index is 0.0622. The minimum Gasteiger partial charge on any atom is -0.336 e. The van der Waals surface area contributed by atoms with Gasteiger partial charge in [0.25, 0.3) is 5.91 Å². The third kappa shape index (κ3) is 2.92. The SMILES string of the molecule is Cc1ccccc1-n1ncc(C(=O)N2CCC[C@H](n3ccnc3)C2)c1C. The van der Waals surface area contributed by atoms with E-state index in [4.69, 9.17) is 0 Å². The van der Waals surface area contributed by atoms with Gasteiger partial charge in [-0.3, -0.25) is 4.79 Å². The van der Waals surface area contributed by atoms with E-state index >= 15 is 0 Å². The van der Waals surface area contributed by atoms with Crippen molar-refractivity contribution in [2.75, 3.05) is 13.1 Å². The highest BCUT2D eigenvalue weighted by Gasteiger charge is 2.27. The second-order valence-corrected chi connectivity index (χ2v) is 6.90. The zero-order valence-corrected chi connectivity index (χ0v) is 15.2. The van der Waals surface area contributed by atoms with Crippen molar-refractivity contribution in [2.24, 2.45) is 0 Å². The van der Waals surface area contributed by atoms with Crippen molar-refractivity contribution in [3.05, 3.63) is 66.0 Å². The molecule has 0 N–H and O–H groups in total. The lowest BCUT2D eigenvalue weighted by molar-refractivity contribution is 0.0678. The van der Waals surface area contributed by atoms with E-state index in [0.717, 1.165) is 36.3 Å². The summed E-state index contributed by atoms with van der Waals surface area (Å²) in [4.78, 5) is 19.2. The minimum absolute atomic E-state index is 0.0622. The van der Waals surface area contributed by atoms with Crippen LogP contribution < -0.4 is 0 Å². The summed E-state index contributed by atoms with van der Waals surface area (Å²) in [6, 6.07) is 8.37. The maximum Gasteiger partial charge on any atom is 0.257 e. The molecule has 3 heterocycles. The maximum atomic E-state index is 13.1. The molecule has 0 unspecified atom stereocenters. The number of imidazole rings is 1. The Labute approximate surface area is 153 Å². The summed E-state index contributed by atoms with van der Waals surface area (Å²) in [6.45, 7) is 5.52. The van der Waals surface area contributed by atoms with Crippen molar-refractivity contribution in [3.63, 3.8) is 0 Å². The van der Waals surface area contributed by atoms with Crippen LogP contribution in [-0.2, 0) is 0 Å². The summed E-state index contributed by atoms with van der Waals surface area (Å²) in [5, 5.41) is 4.49. The predicted molar refractivity (Wildman–Crippen MR) is 99.4 cm³/mol. The molecule has 1 aliphatic heterocycles. The van der Waals surface area contributed by atoms with Gasteiger partial charge in [0, 0.05) is 25.5 Å². The molecule has 1 aromatic carbocycles. The molecule has 1 saturated heterocycles. The second kappa shape index (κ2) is 6.78. The van der Waals surface area contributed by atoms with Gasteiger partial charge in [-0.15, -0.1) is 0 Å². The van der Waals surface area contributed by atoms with Gasteiger partial charge < -0.3 is 9.47 Å². The molecule has 0 saturated carbocycles. The van der Waals surface area contributed by atoms with Gasteiger partial charge >= 0.3 is 0 Å². The zero-order chi connectivity index (χ0) is 18.1. The summed E-state index contributed by atoms with van der Waals surface area (Å²) >= 11 is 0. The Morgan fingerprint density at radius 1 is 1.23 bits per heavy atom. The number of carbonyl (C=O) groups excluding carboxylic acids is 1. The molecule has 0 radical (unpaired) electrons. The highest BCUT2D eigenvalue weighted by molar-refractivity contribution is 5.95. The van der Waals surface area contributed by atoms with Gasteiger partial charge in [-0.1, -0.05) is 18.2 Å². The molecule has 1 amide bonds. The first-order chi connectivity index (χ1) is 12.6. The lowest BCUT2D eigenvalue weighted by atomic mass is 10.0. The monoisotopic (exact) mass is 349 g/mol. The van der Waals surface area contributed by atoms with Crippen LogP contribution in [-0.4, -0.2) is 43.2 Å². The van der Waals surface area contributed by atoms with E-state index in [2.05, 4.69) is 27.6 Å². The maximum absolute atomic E-state index is 13.1. The molecule has 1 atom stereocenters. The number of likely N-dealkylation sites (tertiary alicyclic amines) is 1. The van der Waals surface area contributed by atoms with Crippen LogP contribution in [0.4, 0.5) is 0 Å². The molecule has 134 valence electrons. The van der Waals surface area contributed by atoms with Crippen molar-refractivity contribution < 1.29 is 4.79 Å². The third-order valence-corrected chi connectivity index (χ3v) is 5.21. The Bertz CT molecular complexity index is 912. The number of hydrogen-bond donors (Lipinski definition) is 0. The fourth-order valence-corrected chi connectivity index (χ4v) is 3.70. The second-order valence-electron chi connectivity index (χ2n) is 6.90. The number of rotatable bonds is 3. The molecule has 1 fully saturated rings. The van der Waals surface area contributed by atoms with Crippen LogP contribution in [0, 0.1) is 13.8 Å². The smallest absolute Gasteiger partial charge is 0.257 e. The van der Waals surface area contributed by atoms with Gasteiger partial charge in [0.2, 0.25) is 0 Å². The van der Waals surface area contributed by atoms with Crippen molar-refractivity contribution in [1.29, 1.82) is 0 Å². The lowest BCUT2D eigenvalue weighted by Gasteiger charge is -2.33. The van der Waals surface area contributed by atoms with Gasteiger partial charge in [-0.05, 0) is 38.3 Å². The average Bonchev–Trinajstić information content (AvgIpc) is 3.32. The molecule has 2 aromatic heterocycles. The highest BCUT2D eigenvalue weighted by Crippen LogP contribution is 2.24. The molecule has 0 aliphatic carbocycles. The van der Waals surface area contributed by atoms with Crippen molar-refractivity contribution in [1.82, 2.24) is 24.2 Å². The predicted octanol–water partition coefficient (Wildman–Crippen LogP) is 3.16. The first-order valence-electron chi connectivity index (χ1n) is 9.02. The number of aryl methyl sites for hydroxylation is 1. The number of hydrogen-bond acceptors (Lipinski definition) is 3. The van der Waals surface area contributed by atoms with Crippen LogP contribution in [0.2, 0.25) is 0 Å². The van der Waals surface area contributed by atoms with E-state index in [9.17, 15) is 4.79 Å². The number of nitrogens with zero attached hydrogens (tertiary/aromatic N) is 5. The molecule has 0 spiro atoms. The first-order valence-corrected chi connectivity index (χ1v) is 9.02. The third-order valence-electron chi connectivity index (χ3n) is 5.21. The number of para-hydroxylation sites is 1. The number of benzene rings is 1. The summed E-state index contributed by atoms with van der Waals surface area (Å²) in [6.07, 6.45) is 9.36. The van der Waals surface area contributed by atoms with E-state index in [0.29, 0.717) is 18.2 Å². The first kappa shape index (κ1) is 16.6. The fraction of sp³-hybridized carbons (Fsp3) is 0.350. The van der Waals surface area contributed by atoms with Gasteiger partial charge in [0.1, 0.15) is 0 Å². The highest BCUT2D eigenvalue weighted by atomic mass is 16.2. The standard InChI is InChI=1S/C20H23N5O/c1-15-6-3-4-8-19(15)25-16(2)18(12-22-25)20(26)23-10-5-7-17(13-23)24-11-9-21-14-24/h3-4,6,8-9,11-12,14,17H,5,7,10,13H2,1-2H3/t17-/m0/s1. The van der Waals surface area contributed by atoms with E-state index in [1.54, 1.807) is 12.4 Å². The fourth-order valence-electron chi connectivity index (χ4n) is 3.70. The van der Waals surface area contributed by atoms with Gasteiger partial charge in [0.15, 0.2) is 0 Å². The Morgan fingerprint density at radius 3 is 2.85 bits per heavy atom. The Hall–Kier alpha value is -2.89. The van der Waals surface area contributed by atoms with Crippen LogP contribution in [0.5, 0.6) is 0 Å². The van der Waals surface area contributed by atoms with E-state index in [-0.39, 0.29) is 5.91 Å². The van der Waals surface area contributed by atoms with Crippen LogP contribution >= 0.6 is 0 Å². The molecule has 3 aromatic rings. The number of piperidine rings is 1. The van der Waals surface area contributed by atoms with E-state index in [1.807, 2.05) is 47.2 Å². The van der Waals surface area contributed by atoms with E-state index < -0.39 is 0 Å². The topological polar surface area (TPSA) is 56.0 Å². The van der Waals surface area contributed by atoms with Crippen LogP contribution in [0.15, 0.2) is 49.2 Å². The molecule has 0 bridgehead atoms. The van der Waals surface area contributed by atoms with Gasteiger partial charge in [0.05, 0.1) is 35.5 Å². The van der Waals surface area contributed by atoms with Crippen LogP contribution in [0.25, 0.3) is 5.69 Å². The molecule has 26 heavy (non-hydrogen) atoms.